The van der Waals surface area contributed by atoms with Crippen molar-refractivity contribution in [3.05, 3.63) is 71.8 Å². The van der Waals surface area contributed by atoms with Gasteiger partial charge in [-0.2, -0.15) is 0 Å². The molecule has 3 atom stereocenters. The van der Waals surface area contributed by atoms with Crippen molar-refractivity contribution in [3.63, 3.8) is 0 Å². The van der Waals surface area contributed by atoms with E-state index >= 15 is 0 Å². The molecule has 34 heavy (non-hydrogen) atoms. The Balaban J connectivity index is 1.62. The maximum Gasteiger partial charge on any atom is 0.334 e. The molecule has 2 fully saturated rings. The van der Waals surface area contributed by atoms with Crippen LogP contribution in [-0.2, 0) is 16.1 Å². The number of carbonyl (C=O) groups excluding carboxylic acids is 3. The summed E-state index contributed by atoms with van der Waals surface area (Å²) in [6, 6.07) is 18.5. The Bertz CT molecular complexity index is 1020. The molecule has 0 radical (unpaired) electrons. The van der Waals surface area contributed by atoms with E-state index in [4.69, 9.17) is 0 Å². The maximum absolute atomic E-state index is 13.6. The zero-order valence-electron chi connectivity index (χ0n) is 20.1. The standard InChI is InChI=1S/C26H33N5O3/c1-4-11-22-25(33)29(19(2)21-14-9-6-10-15-21)17-23-30(22)24(32)18-28(3)31(23)26(34)27-16-20-12-7-5-8-13-20/h5-10,12-15,19,22-23H,4,11,16-18H2,1-3H3,(H,27,34)/t19?,22-,23?/m0/s1. The molecule has 0 saturated carbocycles. The van der Waals surface area contributed by atoms with Crippen molar-refractivity contribution in [1.29, 1.82) is 0 Å². The van der Waals surface area contributed by atoms with Crippen molar-refractivity contribution >= 4 is 17.8 Å². The molecule has 2 aromatic rings. The topological polar surface area (TPSA) is 76.2 Å². The molecule has 2 aromatic carbocycles. The quantitative estimate of drug-likeness (QED) is 0.715. The number of carbonyl (C=O) groups is 3. The van der Waals surface area contributed by atoms with Gasteiger partial charge in [0.25, 0.3) is 0 Å². The zero-order chi connectivity index (χ0) is 24.2. The Morgan fingerprint density at radius 1 is 1.06 bits per heavy atom. The summed E-state index contributed by atoms with van der Waals surface area (Å²) in [5.41, 5.74) is 2.01. The van der Waals surface area contributed by atoms with Crippen LogP contribution in [0.25, 0.3) is 0 Å². The second-order valence-electron chi connectivity index (χ2n) is 8.97. The number of nitrogens with one attached hydrogen (secondary N) is 1. The fourth-order valence-corrected chi connectivity index (χ4v) is 4.93. The van der Waals surface area contributed by atoms with Gasteiger partial charge in [0, 0.05) is 13.6 Å². The lowest BCUT2D eigenvalue weighted by Gasteiger charge is -2.55. The van der Waals surface area contributed by atoms with Gasteiger partial charge in [-0.05, 0) is 24.5 Å². The summed E-state index contributed by atoms with van der Waals surface area (Å²) in [5, 5.41) is 6.25. The van der Waals surface area contributed by atoms with E-state index in [0.29, 0.717) is 13.0 Å². The van der Waals surface area contributed by atoms with Gasteiger partial charge < -0.3 is 15.1 Å². The second kappa shape index (κ2) is 10.3. The van der Waals surface area contributed by atoms with Crippen molar-refractivity contribution < 1.29 is 14.4 Å². The number of hydrogen-bond acceptors (Lipinski definition) is 4. The van der Waals surface area contributed by atoms with Crippen molar-refractivity contribution in [3.8, 4) is 0 Å². The van der Waals surface area contributed by atoms with Crippen LogP contribution in [0.5, 0.6) is 0 Å². The van der Waals surface area contributed by atoms with Gasteiger partial charge in [0.05, 0.1) is 19.1 Å². The van der Waals surface area contributed by atoms with Gasteiger partial charge in [-0.15, -0.1) is 0 Å². The van der Waals surface area contributed by atoms with Crippen molar-refractivity contribution in [2.45, 2.75) is 51.5 Å². The van der Waals surface area contributed by atoms with Gasteiger partial charge in [0.15, 0.2) is 0 Å². The molecular weight excluding hydrogens is 430 g/mol. The number of urea groups is 1. The molecule has 1 N–H and O–H groups in total. The molecule has 2 heterocycles. The summed E-state index contributed by atoms with van der Waals surface area (Å²) in [6.45, 7) is 4.69. The minimum atomic E-state index is -0.583. The lowest BCUT2D eigenvalue weighted by Crippen LogP contribution is -2.76. The maximum atomic E-state index is 13.6. The summed E-state index contributed by atoms with van der Waals surface area (Å²) in [6.07, 6.45) is 0.751. The summed E-state index contributed by atoms with van der Waals surface area (Å²) >= 11 is 0. The molecule has 0 bridgehead atoms. The minimum absolute atomic E-state index is 0.0526. The van der Waals surface area contributed by atoms with E-state index in [1.165, 1.54) is 0 Å². The summed E-state index contributed by atoms with van der Waals surface area (Å²) in [7, 11) is 1.74. The fourth-order valence-electron chi connectivity index (χ4n) is 4.93. The first kappa shape index (κ1) is 23.8. The van der Waals surface area contributed by atoms with Crippen LogP contribution in [0.2, 0.25) is 0 Å². The Labute approximate surface area is 201 Å². The number of hydrazine groups is 1. The summed E-state index contributed by atoms with van der Waals surface area (Å²) in [5.74, 6) is -0.185. The number of benzene rings is 2. The number of likely N-dealkylation sites (N-methyl/N-ethyl adjacent to an activating group) is 1. The highest BCUT2D eigenvalue weighted by Crippen LogP contribution is 2.32. The van der Waals surface area contributed by atoms with Gasteiger partial charge in [-0.3, -0.25) is 9.59 Å². The van der Waals surface area contributed by atoms with E-state index in [9.17, 15) is 14.4 Å². The van der Waals surface area contributed by atoms with Crippen LogP contribution in [0.3, 0.4) is 0 Å². The van der Waals surface area contributed by atoms with Crippen molar-refractivity contribution in [2.24, 2.45) is 0 Å². The molecular formula is C26H33N5O3. The van der Waals surface area contributed by atoms with Crippen LogP contribution in [0, 0.1) is 0 Å². The highest BCUT2D eigenvalue weighted by Gasteiger charge is 2.51. The largest absolute Gasteiger partial charge is 0.334 e. The van der Waals surface area contributed by atoms with Crippen LogP contribution in [-0.4, -0.2) is 70.0 Å². The number of fused-ring (bicyclic) bond motifs is 1. The second-order valence-corrected chi connectivity index (χ2v) is 8.97. The monoisotopic (exact) mass is 463 g/mol. The normalized spacial score (nSPS) is 21.9. The lowest BCUT2D eigenvalue weighted by atomic mass is 9.98. The first-order valence-corrected chi connectivity index (χ1v) is 11.9. The molecule has 180 valence electrons. The first-order valence-electron chi connectivity index (χ1n) is 11.9. The van der Waals surface area contributed by atoms with E-state index in [0.717, 1.165) is 17.5 Å². The van der Waals surface area contributed by atoms with E-state index in [1.54, 1.807) is 22.0 Å². The molecule has 8 nitrogen and oxygen atoms in total. The molecule has 4 rings (SSSR count). The third kappa shape index (κ3) is 4.63. The van der Waals surface area contributed by atoms with Gasteiger partial charge in [0.1, 0.15) is 12.2 Å². The fraction of sp³-hybridized carbons (Fsp3) is 0.423. The van der Waals surface area contributed by atoms with Gasteiger partial charge >= 0.3 is 6.03 Å². The number of hydrogen-bond donors (Lipinski definition) is 1. The number of amides is 4. The van der Waals surface area contributed by atoms with E-state index in [1.807, 2.05) is 79.4 Å². The Morgan fingerprint density at radius 3 is 2.35 bits per heavy atom. The average Bonchev–Trinajstić information content (AvgIpc) is 2.85. The predicted octanol–water partition coefficient (Wildman–Crippen LogP) is 2.99. The van der Waals surface area contributed by atoms with Gasteiger partial charge in [-0.1, -0.05) is 74.0 Å². The van der Waals surface area contributed by atoms with E-state index < -0.39 is 12.2 Å². The summed E-state index contributed by atoms with van der Waals surface area (Å²) < 4.78 is 0. The number of rotatable bonds is 6. The molecule has 0 aliphatic carbocycles. The predicted molar refractivity (Wildman–Crippen MR) is 129 cm³/mol. The number of nitrogens with zero attached hydrogens (tertiary/aromatic N) is 4. The Kier molecular flexibility index (Phi) is 7.17. The Morgan fingerprint density at radius 2 is 1.71 bits per heavy atom. The lowest BCUT2D eigenvalue weighted by molar-refractivity contribution is -0.189. The molecule has 2 unspecified atom stereocenters. The van der Waals surface area contributed by atoms with Crippen molar-refractivity contribution in [2.75, 3.05) is 20.1 Å². The van der Waals surface area contributed by atoms with Crippen LogP contribution >= 0.6 is 0 Å². The zero-order valence-corrected chi connectivity index (χ0v) is 20.1. The molecule has 8 heteroatoms. The van der Waals surface area contributed by atoms with Gasteiger partial charge in [-0.25, -0.2) is 14.8 Å². The van der Waals surface area contributed by atoms with E-state index in [-0.39, 0.29) is 37.0 Å². The Hall–Kier alpha value is -3.39. The average molecular weight is 464 g/mol. The van der Waals surface area contributed by atoms with Crippen molar-refractivity contribution in [1.82, 2.24) is 25.1 Å². The van der Waals surface area contributed by atoms with Crippen LogP contribution in [0.15, 0.2) is 60.7 Å². The third-order valence-electron chi connectivity index (χ3n) is 6.69. The van der Waals surface area contributed by atoms with E-state index in [2.05, 4.69) is 5.32 Å². The third-order valence-corrected chi connectivity index (χ3v) is 6.69. The van der Waals surface area contributed by atoms with Crippen LogP contribution in [0.1, 0.15) is 43.9 Å². The highest BCUT2D eigenvalue weighted by molar-refractivity contribution is 5.91. The van der Waals surface area contributed by atoms with Crippen LogP contribution in [0.4, 0.5) is 4.79 Å². The smallest absolute Gasteiger partial charge is 0.333 e. The highest BCUT2D eigenvalue weighted by atomic mass is 16.2. The number of piperazine rings is 1. The van der Waals surface area contributed by atoms with Crippen LogP contribution < -0.4 is 5.32 Å². The van der Waals surface area contributed by atoms with Gasteiger partial charge in [0.2, 0.25) is 11.8 Å². The molecule has 0 spiro atoms. The molecule has 2 saturated heterocycles. The minimum Gasteiger partial charge on any atom is -0.333 e. The first-order chi connectivity index (χ1) is 16.4. The molecule has 2 aliphatic heterocycles. The SMILES string of the molecule is CCC[C@H]1C(=O)N(C(C)c2ccccc2)CC2N1C(=O)CN(C)N2C(=O)NCc1ccccc1. The molecule has 4 amide bonds. The summed E-state index contributed by atoms with van der Waals surface area (Å²) in [4.78, 5) is 43.5. The molecule has 0 aromatic heterocycles. The molecule has 2 aliphatic rings.